The molecule has 1 saturated heterocycles. The van der Waals surface area contributed by atoms with Gasteiger partial charge >= 0.3 is 0 Å². The van der Waals surface area contributed by atoms with Crippen molar-refractivity contribution in [2.45, 2.75) is 39.8 Å². The van der Waals surface area contributed by atoms with Crippen molar-refractivity contribution in [2.75, 3.05) is 26.2 Å². The van der Waals surface area contributed by atoms with Gasteiger partial charge in [0.1, 0.15) is 0 Å². The molecule has 0 amide bonds. The van der Waals surface area contributed by atoms with Gasteiger partial charge in [-0.25, -0.2) is 0 Å². The summed E-state index contributed by atoms with van der Waals surface area (Å²) in [5, 5.41) is 8.91. The van der Waals surface area contributed by atoms with Crippen molar-refractivity contribution in [2.24, 2.45) is 0 Å². The third kappa shape index (κ3) is 3.59. The van der Waals surface area contributed by atoms with Gasteiger partial charge in [-0.05, 0) is 43.5 Å². The fourth-order valence-electron chi connectivity index (χ4n) is 2.80. The van der Waals surface area contributed by atoms with Crippen molar-refractivity contribution in [3.63, 3.8) is 0 Å². The molecular weight excluding hydrogens is 246 g/mol. The second-order valence-corrected chi connectivity index (χ2v) is 5.82. The summed E-state index contributed by atoms with van der Waals surface area (Å²) < 4.78 is 0. The van der Waals surface area contributed by atoms with Crippen LogP contribution in [-0.4, -0.2) is 42.0 Å². The van der Waals surface area contributed by atoms with Crippen molar-refractivity contribution in [3.8, 4) is 6.07 Å². The molecule has 3 heteroatoms. The van der Waals surface area contributed by atoms with E-state index in [1.165, 1.54) is 30.6 Å². The van der Waals surface area contributed by atoms with Crippen LogP contribution in [0.15, 0.2) is 18.2 Å². The van der Waals surface area contributed by atoms with Gasteiger partial charge < -0.3 is 0 Å². The molecule has 0 saturated carbocycles. The Morgan fingerprint density at radius 1 is 1.25 bits per heavy atom. The Kier molecular flexibility index (Phi) is 5.17. The van der Waals surface area contributed by atoms with Crippen LogP contribution in [0.5, 0.6) is 0 Å². The first kappa shape index (κ1) is 15.0. The third-order valence-corrected chi connectivity index (χ3v) is 4.49. The normalized spacial score (nSPS) is 18.7. The predicted octanol–water partition coefficient (Wildman–Crippen LogP) is 2.78. The Bertz CT molecular complexity index is 481. The lowest BCUT2D eigenvalue weighted by Gasteiger charge is -2.38. The molecule has 0 aliphatic carbocycles. The minimum Gasteiger partial charge on any atom is -0.298 e. The van der Waals surface area contributed by atoms with Gasteiger partial charge in [0.25, 0.3) is 0 Å². The Labute approximate surface area is 122 Å². The first-order chi connectivity index (χ1) is 9.63. The molecule has 1 aromatic carbocycles. The molecule has 0 bridgehead atoms. The number of hydrogen-bond acceptors (Lipinski definition) is 3. The maximum atomic E-state index is 8.91. The van der Waals surface area contributed by atoms with E-state index in [1.54, 1.807) is 0 Å². The smallest absolute Gasteiger partial charge is 0.0991 e. The summed E-state index contributed by atoms with van der Waals surface area (Å²) in [5.41, 5.74) is 3.34. The van der Waals surface area contributed by atoms with Crippen molar-refractivity contribution in [1.29, 1.82) is 5.26 Å². The zero-order chi connectivity index (χ0) is 14.5. The van der Waals surface area contributed by atoms with Gasteiger partial charge in [-0.2, -0.15) is 5.26 Å². The molecule has 108 valence electrons. The van der Waals surface area contributed by atoms with Crippen LogP contribution < -0.4 is 0 Å². The molecule has 1 fully saturated rings. The summed E-state index contributed by atoms with van der Waals surface area (Å²) in [6, 6.07) is 8.93. The Hall–Kier alpha value is -1.37. The lowest BCUT2D eigenvalue weighted by atomic mass is 10.0. The summed E-state index contributed by atoms with van der Waals surface area (Å²) in [7, 11) is 0. The zero-order valence-corrected chi connectivity index (χ0v) is 12.9. The molecule has 1 aliphatic heterocycles. The molecule has 1 heterocycles. The van der Waals surface area contributed by atoms with Gasteiger partial charge in [-0.1, -0.05) is 13.0 Å². The highest BCUT2D eigenvalue weighted by Gasteiger charge is 2.20. The number of aryl methyl sites for hydroxylation is 1. The highest BCUT2D eigenvalue weighted by molar-refractivity contribution is 5.37. The number of benzene rings is 1. The van der Waals surface area contributed by atoms with Gasteiger partial charge in [0.05, 0.1) is 11.6 Å². The van der Waals surface area contributed by atoms with Gasteiger partial charge in [0.15, 0.2) is 0 Å². The number of nitriles is 1. The van der Waals surface area contributed by atoms with Gasteiger partial charge in [0, 0.05) is 38.8 Å². The van der Waals surface area contributed by atoms with Gasteiger partial charge in [-0.15, -0.1) is 0 Å². The van der Waals surface area contributed by atoms with Crippen LogP contribution in [0.3, 0.4) is 0 Å². The van der Waals surface area contributed by atoms with E-state index in [-0.39, 0.29) is 0 Å². The predicted molar refractivity (Wildman–Crippen MR) is 82.5 cm³/mol. The third-order valence-electron chi connectivity index (χ3n) is 4.49. The molecule has 0 aromatic heterocycles. The van der Waals surface area contributed by atoms with E-state index >= 15 is 0 Å². The van der Waals surface area contributed by atoms with Gasteiger partial charge in [0.2, 0.25) is 0 Å². The number of hydrogen-bond donors (Lipinski definition) is 0. The molecule has 0 spiro atoms. The lowest BCUT2D eigenvalue weighted by molar-refractivity contribution is 0.0962. The summed E-state index contributed by atoms with van der Waals surface area (Å²) in [5.74, 6) is 0. The van der Waals surface area contributed by atoms with Crippen LogP contribution in [0.2, 0.25) is 0 Å². The van der Waals surface area contributed by atoms with Crippen molar-refractivity contribution in [3.05, 3.63) is 34.9 Å². The first-order valence-electron chi connectivity index (χ1n) is 7.60. The summed E-state index contributed by atoms with van der Waals surface area (Å²) in [6.45, 7) is 12.3. The molecule has 1 atom stereocenters. The highest BCUT2D eigenvalue weighted by Crippen LogP contribution is 2.15. The zero-order valence-electron chi connectivity index (χ0n) is 12.9. The second-order valence-electron chi connectivity index (χ2n) is 5.82. The number of nitrogens with zero attached hydrogens (tertiary/aromatic N) is 3. The van der Waals surface area contributed by atoms with E-state index in [4.69, 9.17) is 5.26 Å². The topological polar surface area (TPSA) is 30.3 Å². The molecule has 2 rings (SSSR count). The summed E-state index contributed by atoms with van der Waals surface area (Å²) in [4.78, 5) is 5.11. The Morgan fingerprint density at radius 3 is 2.50 bits per heavy atom. The molecule has 1 unspecified atom stereocenters. The maximum Gasteiger partial charge on any atom is 0.0991 e. The molecule has 1 aliphatic rings. The molecule has 20 heavy (non-hydrogen) atoms. The standard InChI is InChI=1S/C17H25N3/c1-4-15(3)20-9-7-19(8-10-20)13-17-6-5-16(12-18)11-14(17)2/h5-6,11,15H,4,7-10,13H2,1-3H3. The van der Waals surface area contributed by atoms with Crippen LogP contribution in [0.25, 0.3) is 0 Å². The lowest BCUT2D eigenvalue weighted by Crippen LogP contribution is -2.49. The van der Waals surface area contributed by atoms with Gasteiger partial charge in [-0.3, -0.25) is 9.80 Å². The summed E-state index contributed by atoms with van der Waals surface area (Å²) in [6.07, 6.45) is 1.23. The van der Waals surface area contributed by atoms with Crippen LogP contribution >= 0.6 is 0 Å². The average molecular weight is 271 g/mol. The fraction of sp³-hybridized carbons (Fsp3) is 0.588. The van der Waals surface area contributed by atoms with Crippen LogP contribution in [0.1, 0.15) is 37.0 Å². The van der Waals surface area contributed by atoms with Crippen LogP contribution in [0, 0.1) is 18.3 Å². The largest absolute Gasteiger partial charge is 0.298 e. The highest BCUT2D eigenvalue weighted by atomic mass is 15.3. The van der Waals surface area contributed by atoms with Crippen molar-refractivity contribution >= 4 is 0 Å². The SMILES string of the molecule is CCC(C)N1CCN(Cc2ccc(C#N)cc2C)CC1. The minimum atomic E-state index is 0.703. The molecule has 1 aromatic rings. The molecule has 3 nitrogen and oxygen atoms in total. The van der Waals surface area contributed by atoms with Crippen LogP contribution in [-0.2, 0) is 6.54 Å². The quantitative estimate of drug-likeness (QED) is 0.843. The van der Waals surface area contributed by atoms with Crippen molar-refractivity contribution < 1.29 is 0 Å². The first-order valence-corrected chi connectivity index (χ1v) is 7.60. The van der Waals surface area contributed by atoms with Crippen LogP contribution in [0.4, 0.5) is 0 Å². The maximum absolute atomic E-state index is 8.91. The minimum absolute atomic E-state index is 0.703. The van der Waals surface area contributed by atoms with E-state index < -0.39 is 0 Å². The average Bonchev–Trinajstić information content (AvgIpc) is 2.49. The summed E-state index contributed by atoms with van der Waals surface area (Å²) >= 11 is 0. The second kappa shape index (κ2) is 6.88. The number of rotatable bonds is 4. The fourth-order valence-corrected chi connectivity index (χ4v) is 2.80. The molecular formula is C17H25N3. The Morgan fingerprint density at radius 2 is 1.95 bits per heavy atom. The van der Waals surface area contributed by atoms with Crippen molar-refractivity contribution in [1.82, 2.24) is 9.80 Å². The van der Waals surface area contributed by atoms with E-state index in [0.717, 1.165) is 25.2 Å². The van der Waals surface area contributed by atoms with E-state index in [2.05, 4.69) is 42.7 Å². The monoisotopic (exact) mass is 271 g/mol. The Balaban J connectivity index is 1.91. The van der Waals surface area contributed by atoms with E-state index in [1.807, 2.05) is 12.1 Å². The van der Waals surface area contributed by atoms with E-state index in [9.17, 15) is 0 Å². The van der Waals surface area contributed by atoms with E-state index in [0.29, 0.717) is 6.04 Å². The number of piperazine rings is 1. The molecule has 0 radical (unpaired) electrons. The molecule has 0 N–H and O–H groups in total.